The molecule has 678 valence electrons. The highest BCUT2D eigenvalue weighted by molar-refractivity contribution is 6.32. The Hall–Kier alpha value is -10.4. The molecule has 34 nitrogen and oxygen atoms in total. The molecule has 0 spiro atoms. The lowest BCUT2D eigenvalue weighted by Crippen LogP contribution is -2.62. The third-order valence-corrected chi connectivity index (χ3v) is 23.1. The monoisotopic (exact) mass is 1810 g/mol. The van der Waals surface area contributed by atoms with Crippen molar-refractivity contribution in [1.29, 1.82) is 0 Å². The summed E-state index contributed by atoms with van der Waals surface area (Å²) < 4.78 is 51.6. The molecule has 37 heteroatoms. The summed E-state index contributed by atoms with van der Waals surface area (Å²) in [5.41, 5.74) is 5.11. The Morgan fingerprint density at radius 2 is 1.42 bits per heavy atom. The number of aliphatic hydroxyl groups is 6. The zero-order valence-corrected chi connectivity index (χ0v) is 72.5. The fourth-order valence-electron chi connectivity index (χ4n) is 15.4. The van der Waals surface area contributed by atoms with Crippen LogP contribution in [0.4, 0.5) is 0 Å². The minimum Gasteiger partial charge on any atom is -0.508 e. The van der Waals surface area contributed by atoms with Gasteiger partial charge < -0.3 is 137 Å². The van der Waals surface area contributed by atoms with Gasteiger partial charge in [-0.2, -0.15) is 0 Å². The van der Waals surface area contributed by atoms with Gasteiger partial charge in [0.05, 0.1) is 54.4 Å². The smallest absolute Gasteiger partial charge is 0.334 e. The highest BCUT2D eigenvalue weighted by Gasteiger charge is 2.53. The predicted octanol–water partition coefficient (Wildman–Crippen LogP) is 7.75. The number of primary amides is 1. The second-order valence-electron chi connectivity index (χ2n) is 33.2. The highest BCUT2D eigenvalue weighted by atomic mass is 35.5. The molecule has 7 aromatic carbocycles. The fraction of sp³-hybridized carbons (Fsp3) is 0.438. The van der Waals surface area contributed by atoms with Crippen LogP contribution in [0.5, 0.6) is 46.0 Å². The van der Waals surface area contributed by atoms with Crippen molar-refractivity contribution in [3.8, 4) is 68.2 Å². The van der Waals surface area contributed by atoms with Crippen LogP contribution in [0, 0.1) is 11.8 Å². The van der Waals surface area contributed by atoms with Gasteiger partial charge in [-0.1, -0.05) is 111 Å². The molecule has 0 saturated carbocycles. The van der Waals surface area contributed by atoms with Gasteiger partial charge >= 0.3 is 5.97 Å². The number of rotatable bonds is 29. The van der Waals surface area contributed by atoms with E-state index in [1.807, 2.05) is 58.9 Å². The van der Waals surface area contributed by atoms with Gasteiger partial charge in [-0.15, -0.1) is 0 Å². The summed E-state index contributed by atoms with van der Waals surface area (Å²) in [6.07, 6.45) is -21.8. The molecule has 126 heavy (non-hydrogen) atoms. The van der Waals surface area contributed by atoms with E-state index in [-0.39, 0.29) is 104 Å². The predicted molar refractivity (Wildman–Crippen MR) is 456 cm³/mol. The molecule has 6 amide bonds. The number of amides is 6. The maximum absolute atomic E-state index is 15.8. The van der Waals surface area contributed by atoms with E-state index in [1.165, 1.54) is 56.3 Å². The first-order valence-electron chi connectivity index (χ1n) is 40.8. The van der Waals surface area contributed by atoms with Gasteiger partial charge in [-0.3, -0.25) is 28.8 Å². The van der Waals surface area contributed by atoms with Crippen LogP contribution in [0.25, 0.3) is 22.3 Å². The molecule has 19 N–H and O–H groups in total. The SMILES string of the molecule is CC(C)CCC(=O)NC1C(=O)N[C@@H](CC(N)=O)C(=O)N[C@H]2C(=O)NCc3ccc(O)c(c3)-c3c(O)cc(O)cc3[C@H](C=O)NC(=O)C[C@H](OC(O)CC3(C)NC3C(C)C)c3ccc(c(Cl)c3)Oc3cc2cc(c3OC2OC(CO)C(O)C(O)C2OC(C)OC(C)C(O)C(C)(C)NCC(OCc2cccc(-c3ccc(Cl)cc3)c2)C(=O)O)Oc2ccc(cc2Cl)[C@H]1O. The topological polar surface area (TPSA) is 533 Å². The minimum absolute atomic E-state index is 0.00934. The first kappa shape index (κ1) is 96.3. The summed E-state index contributed by atoms with van der Waals surface area (Å²) in [6, 6.07) is 22.2. The maximum atomic E-state index is 15.8. The van der Waals surface area contributed by atoms with E-state index >= 15 is 9.59 Å². The van der Waals surface area contributed by atoms with Gasteiger partial charge in [-0.05, 0) is 170 Å². The number of phenolic OH excluding ortho intramolecular Hbond substituents is 3. The van der Waals surface area contributed by atoms with E-state index in [0.29, 0.717) is 23.3 Å². The van der Waals surface area contributed by atoms with Crippen LogP contribution in [0.15, 0.2) is 127 Å². The number of hydrogen-bond acceptors (Lipinski definition) is 27. The van der Waals surface area contributed by atoms with Crippen LogP contribution >= 0.6 is 34.8 Å². The lowest BCUT2D eigenvalue weighted by Gasteiger charge is -2.43. The second-order valence-corrected chi connectivity index (χ2v) is 34.5. The quantitative estimate of drug-likeness (QED) is 0.0121. The van der Waals surface area contributed by atoms with Crippen LogP contribution in [0.2, 0.25) is 15.1 Å². The number of fused-ring (bicyclic) bond motifs is 16. The van der Waals surface area contributed by atoms with Crippen molar-refractivity contribution < 1.29 is 127 Å². The van der Waals surface area contributed by atoms with E-state index in [1.54, 1.807) is 38.1 Å². The first-order valence-corrected chi connectivity index (χ1v) is 42.0. The van der Waals surface area contributed by atoms with Crippen LogP contribution in [-0.2, 0) is 75.2 Å². The van der Waals surface area contributed by atoms with E-state index in [4.69, 9.17) is 78.4 Å². The number of carboxylic acid groups (broad SMARTS) is 1. The van der Waals surface area contributed by atoms with Crippen LogP contribution in [0.1, 0.15) is 152 Å². The Morgan fingerprint density at radius 3 is 2.05 bits per heavy atom. The number of carbonyl (C=O) groups excluding carboxylic acids is 7. The summed E-state index contributed by atoms with van der Waals surface area (Å²) in [4.78, 5) is 114. The summed E-state index contributed by atoms with van der Waals surface area (Å²) >= 11 is 20.6. The molecule has 13 unspecified atom stereocenters. The largest absolute Gasteiger partial charge is 0.508 e. The Bertz CT molecular complexity index is 5130. The van der Waals surface area contributed by atoms with Crippen LogP contribution < -0.4 is 57.2 Å². The number of aliphatic hydroxyl groups excluding tert-OH is 6. The maximum Gasteiger partial charge on any atom is 0.334 e. The van der Waals surface area contributed by atoms with Crippen LogP contribution in [-0.4, -0.2) is 203 Å². The van der Waals surface area contributed by atoms with Gasteiger partial charge in [0.2, 0.25) is 47.5 Å². The molecule has 0 aliphatic carbocycles. The Morgan fingerprint density at radius 1 is 0.746 bits per heavy atom. The van der Waals surface area contributed by atoms with Crippen molar-refractivity contribution in [1.82, 2.24) is 37.2 Å². The molecule has 6 heterocycles. The number of carboxylic acids is 1. The lowest BCUT2D eigenvalue weighted by atomic mass is 9.92. The van der Waals surface area contributed by atoms with Crippen molar-refractivity contribution in [3.05, 3.63) is 176 Å². The van der Waals surface area contributed by atoms with E-state index in [0.717, 1.165) is 47.5 Å². The van der Waals surface area contributed by atoms with E-state index in [2.05, 4.69) is 37.2 Å². The number of nitrogens with one attached hydrogen (secondary N) is 7. The average Bonchev–Trinajstić information content (AvgIpc) is 1.60. The molecular formula is C89H105Cl3N8O26. The number of aldehydes is 1. The van der Waals surface area contributed by atoms with Crippen molar-refractivity contribution in [2.24, 2.45) is 17.6 Å². The third-order valence-electron chi connectivity index (χ3n) is 22.2. The summed E-state index contributed by atoms with van der Waals surface area (Å²) in [7, 11) is 0. The molecule has 0 aromatic heterocycles. The standard InChI is InChI=1S/C89H105Cl3N8O26/c1-41(2)13-24-70(107)98-75-76(110)50-18-23-63(57(92)28-50)123-66-30-51-29-65(79(66)126-87-80(78(112)77(111)68(39-102)125-87)121-44(6)120-43(5)82(113)88(7,8)95-37-67(86(117)118)119-40-46-11-10-12-48(25-46)47-15-19-52(90)20-16-47)122-62-22-17-49(27-56(62)91)64(124-72(109)35-89(9)81(100-89)42(3)4)34-71(108)96-59(38-101)54-31-53(103)32-61(105)73(54)55-26-45(14-21-60(55)104)36-94-84(115)74(51)99-83(114)58(33-69(93)106)97-85(75)116/h10-12,14-23,25-32,38,41-44,58-59,64,67-68,72,74-78,80-82,87,95,100,102-105,109-113H,13,24,33-37,39-40H2,1-9H3,(H2,93,106)(H,94,115)(H,96,108)(H,97,116)(H,98,107)(H,99,114)(H,117,118)/t43?,44?,58-,59-,64-,67?,68?,72?,74+,75?,76+,77?,78?,80?,81?,82?,87?,89?/m0/s1. The Kier molecular flexibility index (Phi) is 31.8. The van der Waals surface area contributed by atoms with Crippen molar-refractivity contribution in [2.45, 2.75) is 223 Å². The van der Waals surface area contributed by atoms with Gasteiger partial charge in [0.1, 0.15) is 83.6 Å². The number of hydrogen-bond donors (Lipinski definition) is 18. The van der Waals surface area contributed by atoms with Gasteiger partial charge in [-0.25, -0.2) is 4.79 Å². The third kappa shape index (κ3) is 23.9. The number of nitrogens with two attached hydrogens (primary N) is 1. The molecule has 6 aliphatic rings. The molecule has 2 fully saturated rings. The number of phenols is 3. The zero-order chi connectivity index (χ0) is 91.7. The summed E-state index contributed by atoms with van der Waals surface area (Å²) in [6.45, 7) is 13.5. The van der Waals surface area contributed by atoms with Crippen molar-refractivity contribution in [3.63, 3.8) is 0 Å². The van der Waals surface area contributed by atoms with Crippen molar-refractivity contribution in [2.75, 3.05) is 13.2 Å². The number of halogens is 3. The van der Waals surface area contributed by atoms with Gasteiger partial charge in [0, 0.05) is 65.3 Å². The highest BCUT2D eigenvalue weighted by Crippen LogP contribution is 2.50. The average molecular weight is 1810 g/mol. The molecule has 9 bridgehead atoms. The lowest BCUT2D eigenvalue weighted by molar-refractivity contribution is -0.320. The normalized spacial score (nSPS) is 24.2. The van der Waals surface area contributed by atoms with E-state index < -0.39 is 211 Å². The molecule has 6 aliphatic heterocycles. The summed E-state index contributed by atoms with van der Waals surface area (Å²) in [5.74, 6) is -11.9. The molecule has 18 atom stereocenters. The van der Waals surface area contributed by atoms with Crippen molar-refractivity contribution >= 4 is 82.5 Å². The molecule has 13 rings (SSSR count). The number of aromatic hydroxyl groups is 3. The number of aliphatic carboxylic acids is 1. The number of carbonyl (C=O) groups is 8. The zero-order valence-electron chi connectivity index (χ0n) is 70.3. The fourth-order valence-corrected chi connectivity index (χ4v) is 16.0. The Labute approximate surface area is 740 Å². The van der Waals surface area contributed by atoms with Gasteiger partial charge in [0.25, 0.3) is 0 Å². The first-order chi connectivity index (χ1) is 59.6. The Balaban J connectivity index is 1.03. The van der Waals surface area contributed by atoms with Gasteiger partial charge in [0.15, 0.2) is 36.3 Å². The minimum atomic E-state index is -2.12. The van der Waals surface area contributed by atoms with Crippen LogP contribution in [0.3, 0.4) is 0 Å². The number of ether oxygens (including phenoxy) is 8. The molecule has 2 saturated heterocycles. The second kappa shape index (κ2) is 41.6. The summed E-state index contributed by atoms with van der Waals surface area (Å²) in [5, 5.41) is 135. The molecular weight excluding hydrogens is 1700 g/mol. The molecule has 7 aromatic rings. The molecule has 0 radical (unpaired) electrons. The number of benzene rings is 7. The van der Waals surface area contributed by atoms with E-state index in [9.17, 15) is 79.8 Å².